The number of alkyl halides is 1. The number of hydrogen-bond acceptors (Lipinski definition) is 1. The zero-order valence-corrected chi connectivity index (χ0v) is 10.7. The third-order valence-electron chi connectivity index (χ3n) is 4.02. The van der Waals surface area contributed by atoms with Gasteiger partial charge in [-0.25, -0.2) is 0 Å². The summed E-state index contributed by atoms with van der Waals surface area (Å²) in [6.45, 7) is 1.75. The number of amides is 1. The Morgan fingerprint density at radius 2 is 1.75 bits per heavy atom. The first kappa shape index (κ1) is 12.2. The summed E-state index contributed by atoms with van der Waals surface area (Å²) in [4.78, 5) is 14.0. The summed E-state index contributed by atoms with van der Waals surface area (Å²) in [6.07, 6.45) is 9.24. The molecule has 2 nitrogen and oxygen atoms in total. The molecule has 1 saturated carbocycles. The van der Waals surface area contributed by atoms with Gasteiger partial charge >= 0.3 is 0 Å². The summed E-state index contributed by atoms with van der Waals surface area (Å²) in [5.74, 6) is 1.19. The lowest BCUT2D eigenvalue weighted by atomic mass is 10.0. The second-order valence-electron chi connectivity index (χ2n) is 5.24. The van der Waals surface area contributed by atoms with Crippen LogP contribution in [0.4, 0.5) is 0 Å². The van der Waals surface area contributed by atoms with Gasteiger partial charge in [-0.3, -0.25) is 4.79 Å². The van der Waals surface area contributed by atoms with E-state index in [1.54, 1.807) is 0 Å². The van der Waals surface area contributed by atoms with Crippen LogP contribution >= 0.6 is 11.6 Å². The topological polar surface area (TPSA) is 20.3 Å². The Morgan fingerprint density at radius 1 is 1.12 bits per heavy atom. The molecule has 1 amide bonds. The number of piperidine rings is 1. The number of rotatable bonds is 3. The maximum absolute atomic E-state index is 11.9. The van der Waals surface area contributed by atoms with Gasteiger partial charge in [0, 0.05) is 24.9 Å². The maximum atomic E-state index is 11.9. The minimum absolute atomic E-state index is 0.291. The Morgan fingerprint density at radius 3 is 2.38 bits per heavy atom. The summed E-state index contributed by atoms with van der Waals surface area (Å²) in [5.41, 5.74) is 0. The normalized spacial score (nSPS) is 23.9. The standard InChI is InChI=1S/C13H22ClNO/c14-12-7-9-15(10-8-12)13(16)6-5-11-3-1-2-4-11/h11-12H,1-10H2. The minimum Gasteiger partial charge on any atom is -0.343 e. The molecule has 2 rings (SSSR count). The van der Waals surface area contributed by atoms with Crippen molar-refractivity contribution >= 4 is 17.5 Å². The van der Waals surface area contributed by atoms with Crippen molar-refractivity contribution in [2.24, 2.45) is 5.92 Å². The largest absolute Gasteiger partial charge is 0.343 e. The van der Waals surface area contributed by atoms with Crippen molar-refractivity contribution < 1.29 is 4.79 Å². The Balaban J connectivity index is 1.67. The van der Waals surface area contributed by atoms with Crippen LogP contribution < -0.4 is 0 Å². The van der Waals surface area contributed by atoms with Gasteiger partial charge in [0.15, 0.2) is 0 Å². The predicted octanol–water partition coefficient (Wildman–Crippen LogP) is 3.19. The highest BCUT2D eigenvalue weighted by Crippen LogP contribution is 2.29. The lowest BCUT2D eigenvalue weighted by Crippen LogP contribution is -2.38. The van der Waals surface area contributed by atoms with Crippen LogP contribution in [0.3, 0.4) is 0 Å². The van der Waals surface area contributed by atoms with E-state index in [2.05, 4.69) is 0 Å². The average Bonchev–Trinajstić information content (AvgIpc) is 2.80. The number of nitrogens with zero attached hydrogens (tertiary/aromatic N) is 1. The second-order valence-corrected chi connectivity index (χ2v) is 5.86. The molecule has 0 aromatic rings. The van der Waals surface area contributed by atoms with E-state index in [9.17, 15) is 4.79 Å². The Labute approximate surface area is 103 Å². The van der Waals surface area contributed by atoms with Gasteiger partial charge in [-0.1, -0.05) is 25.7 Å². The van der Waals surface area contributed by atoms with E-state index >= 15 is 0 Å². The molecule has 0 N–H and O–H groups in total. The molecule has 1 saturated heterocycles. The highest BCUT2D eigenvalue weighted by molar-refractivity contribution is 6.20. The fourth-order valence-electron chi connectivity index (χ4n) is 2.88. The summed E-state index contributed by atoms with van der Waals surface area (Å²) in [6, 6.07) is 0. The van der Waals surface area contributed by atoms with E-state index in [0.29, 0.717) is 11.3 Å². The van der Waals surface area contributed by atoms with Gasteiger partial charge in [0.05, 0.1) is 0 Å². The monoisotopic (exact) mass is 243 g/mol. The quantitative estimate of drug-likeness (QED) is 0.698. The van der Waals surface area contributed by atoms with Crippen molar-refractivity contribution in [3.8, 4) is 0 Å². The van der Waals surface area contributed by atoms with Crippen LogP contribution in [-0.2, 0) is 4.79 Å². The number of carbonyl (C=O) groups excluding carboxylic acids is 1. The van der Waals surface area contributed by atoms with Crippen LogP contribution in [0.1, 0.15) is 51.4 Å². The van der Waals surface area contributed by atoms with E-state index in [1.807, 2.05) is 4.90 Å². The van der Waals surface area contributed by atoms with Gasteiger partial charge in [0.2, 0.25) is 5.91 Å². The third kappa shape index (κ3) is 3.38. The summed E-state index contributed by atoms with van der Waals surface area (Å²) >= 11 is 6.03. The molecule has 0 aromatic carbocycles. The number of hydrogen-bond donors (Lipinski definition) is 0. The molecule has 0 aromatic heterocycles. The number of carbonyl (C=O) groups is 1. The van der Waals surface area contributed by atoms with Crippen LogP contribution in [0.15, 0.2) is 0 Å². The second kappa shape index (κ2) is 5.90. The van der Waals surface area contributed by atoms with Crippen molar-refractivity contribution in [1.82, 2.24) is 4.90 Å². The Kier molecular flexibility index (Phi) is 4.51. The zero-order valence-electron chi connectivity index (χ0n) is 9.96. The van der Waals surface area contributed by atoms with Crippen molar-refractivity contribution in [2.45, 2.75) is 56.7 Å². The SMILES string of the molecule is O=C(CCC1CCCC1)N1CCC(Cl)CC1. The van der Waals surface area contributed by atoms with Crippen molar-refractivity contribution in [3.05, 3.63) is 0 Å². The lowest BCUT2D eigenvalue weighted by molar-refractivity contribution is -0.132. The van der Waals surface area contributed by atoms with Gasteiger partial charge in [-0.05, 0) is 25.2 Å². The summed E-state index contributed by atoms with van der Waals surface area (Å²) in [5, 5.41) is 0.291. The molecule has 3 heteroatoms. The van der Waals surface area contributed by atoms with Crippen LogP contribution in [0.25, 0.3) is 0 Å². The molecule has 1 heterocycles. The first-order valence-electron chi connectivity index (χ1n) is 6.67. The molecule has 16 heavy (non-hydrogen) atoms. The Hall–Kier alpha value is -0.240. The smallest absolute Gasteiger partial charge is 0.222 e. The Bertz CT molecular complexity index is 230. The van der Waals surface area contributed by atoms with Gasteiger partial charge < -0.3 is 4.90 Å². The fraction of sp³-hybridized carbons (Fsp3) is 0.923. The summed E-state index contributed by atoms with van der Waals surface area (Å²) in [7, 11) is 0. The molecular weight excluding hydrogens is 222 g/mol. The van der Waals surface area contributed by atoms with E-state index < -0.39 is 0 Å². The van der Waals surface area contributed by atoms with Crippen LogP contribution in [0.5, 0.6) is 0 Å². The highest BCUT2D eigenvalue weighted by Gasteiger charge is 2.22. The van der Waals surface area contributed by atoms with Gasteiger partial charge in [0.25, 0.3) is 0 Å². The molecular formula is C13H22ClNO. The molecule has 0 radical (unpaired) electrons. The molecule has 2 fully saturated rings. The van der Waals surface area contributed by atoms with Gasteiger partial charge in [0.1, 0.15) is 0 Å². The molecule has 1 aliphatic carbocycles. The summed E-state index contributed by atoms with van der Waals surface area (Å²) < 4.78 is 0. The highest BCUT2D eigenvalue weighted by atomic mass is 35.5. The lowest BCUT2D eigenvalue weighted by Gasteiger charge is -2.29. The first-order valence-corrected chi connectivity index (χ1v) is 7.11. The number of halogens is 1. The van der Waals surface area contributed by atoms with Gasteiger partial charge in [-0.15, -0.1) is 11.6 Å². The van der Waals surface area contributed by atoms with E-state index in [0.717, 1.165) is 44.7 Å². The van der Waals surface area contributed by atoms with Crippen LogP contribution in [0, 0.1) is 5.92 Å². The van der Waals surface area contributed by atoms with Crippen molar-refractivity contribution in [2.75, 3.05) is 13.1 Å². The van der Waals surface area contributed by atoms with Crippen LogP contribution in [-0.4, -0.2) is 29.3 Å². The zero-order chi connectivity index (χ0) is 11.4. The van der Waals surface area contributed by atoms with E-state index in [-0.39, 0.29) is 0 Å². The molecule has 0 atom stereocenters. The molecule has 1 aliphatic heterocycles. The van der Waals surface area contributed by atoms with Crippen molar-refractivity contribution in [3.63, 3.8) is 0 Å². The molecule has 92 valence electrons. The molecule has 0 bridgehead atoms. The molecule has 2 aliphatic rings. The van der Waals surface area contributed by atoms with E-state index in [1.165, 1.54) is 25.7 Å². The third-order valence-corrected chi connectivity index (χ3v) is 4.45. The molecule has 0 unspecified atom stereocenters. The number of likely N-dealkylation sites (tertiary alicyclic amines) is 1. The maximum Gasteiger partial charge on any atom is 0.222 e. The fourth-order valence-corrected chi connectivity index (χ4v) is 3.08. The predicted molar refractivity (Wildman–Crippen MR) is 66.6 cm³/mol. The van der Waals surface area contributed by atoms with E-state index in [4.69, 9.17) is 11.6 Å². The van der Waals surface area contributed by atoms with Crippen molar-refractivity contribution in [1.29, 1.82) is 0 Å². The molecule has 0 spiro atoms. The first-order chi connectivity index (χ1) is 7.75. The minimum atomic E-state index is 0.291. The van der Waals surface area contributed by atoms with Gasteiger partial charge in [-0.2, -0.15) is 0 Å². The average molecular weight is 244 g/mol. The van der Waals surface area contributed by atoms with Crippen LogP contribution in [0.2, 0.25) is 0 Å².